The van der Waals surface area contributed by atoms with Crippen LogP contribution in [0, 0.1) is 11.6 Å². The number of alkyl halides is 2. The number of hydrogen-bond donors (Lipinski definition) is 0. The molecule has 0 radical (unpaired) electrons. The van der Waals surface area contributed by atoms with Crippen molar-refractivity contribution in [2.75, 3.05) is 23.9 Å². The van der Waals surface area contributed by atoms with Crippen molar-refractivity contribution in [3.63, 3.8) is 0 Å². The van der Waals surface area contributed by atoms with Crippen molar-refractivity contribution < 1.29 is 30.5 Å². The molecule has 0 aromatic heterocycles. The van der Waals surface area contributed by atoms with Crippen LogP contribution < -0.4 is 4.90 Å². The summed E-state index contributed by atoms with van der Waals surface area (Å²) in [6, 6.07) is 3.59. The van der Waals surface area contributed by atoms with Crippen LogP contribution in [0.25, 0.3) is 0 Å². The van der Waals surface area contributed by atoms with Gasteiger partial charge < -0.3 is 4.90 Å². The van der Waals surface area contributed by atoms with Crippen LogP contribution in [-0.2, 0) is 21.7 Å². The van der Waals surface area contributed by atoms with Crippen molar-refractivity contribution in [3.05, 3.63) is 29.8 Å². The second-order valence-electron chi connectivity index (χ2n) is 4.92. The summed E-state index contributed by atoms with van der Waals surface area (Å²) in [7, 11) is 0. The minimum absolute atomic E-state index is 0. The quantitative estimate of drug-likeness (QED) is 0.500. The molecular weight excluding hydrogens is 339 g/mol. The van der Waals surface area contributed by atoms with Gasteiger partial charge in [-0.2, -0.15) is 0 Å². The molecular formula is C14H19Cl2F2NTi. The van der Waals surface area contributed by atoms with E-state index in [9.17, 15) is 8.78 Å². The van der Waals surface area contributed by atoms with E-state index in [0.29, 0.717) is 18.8 Å². The number of halogens is 4. The minimum Gasteiger partial charge on any atom is -0.367 e. The van der Waals surface area contributed by atoms with E-state index in [1.54, 1.807) is 0 Å². The first kappa shape index (κ1) is 20.2. The molecule has 0 N–H and O–H groups in total. The number of anilines is 1. The molecule has 0 heterocycles. The van der Waals surface area contributed by atoms with Gasteiger partial charge in [0.15, 0.2) is 0 Å². The first-order valence-electron chi connectivity index (χ1n) is 6.34. The van der Waals surface area contributed by atoms with Gasteiger partial charge in [-0.3, -0.25) is 0 Å². The van der Waals surface area contributed by atoms with Crippen LogP contribution in [0.4, 0.5) is 14.5 Å². The molecule has 0 saturated heterocycles. The van der Waals surface area contributed by atoms with E-state index in [4.69, 9.17) is 23.2 Å². The Kier molecular flexibility index (Phi) is 9.33. The molecule has 1 unspecified atom stereocenters. The average molecular weight is 358 g/mol. The molecule has 1 atom stereocenters. The molecule has 0 bridgehead atoms. The van der Waals surface area contributed by atoms with Crippen LogP contribution in [0.15, 0.2) is 18.2 Å². The third kappa shape index (κ3) is 6.30. The van der Waals surface area contributed by atoms with Crippen LogP contribution in [0.1, 0.15) is 26.7 Å². The number of benzene rings is 1. The van der Waals surface area contributed by atoms with E-state index in [1.165, 1.54) is 12.1 Å². The zero-order valence-electron chi connectivity index (χ0n) is 11.7. The van der Waals surface area contributed by atoms with Gasteiger partial charge in [0, 0.05) is 46.8 Å². The third-order valence-electron chi connectivity index (χ3n) is 2.83. The molecule has 1 nitrogen and oxygen atoms in total. The molecule has 0 aliphatic carbocycles. The Balaban J connectivity index is 0.00000361. The van der Waals surface area contributed by atoms with Crippen LogP contribution in [0.2, 0.25) is 0 Å². The summed E-state index contributed by atoms with van der Waals surface area (Å²) < 4.78 is 26.8. The molecule has 0 spiro atoms. The van der Waals surface area contributed by atoms with Gasteiger partial charge >= 0.3 is 0 Å². The maximum atomic E-state index is 13.8. The molecule has 1 aromatic rings. The Hall–Kier alpha value is 0.174. The average Bonchev–Trinajstić information content (AvgIpc) is 2.35. The molecule has 1 rings (SSSR count). The van der Waals surface area contributed by atoms with E-state index in [2.05, 4.69) is 6.92 Å². The first-order chi connectivity index (χ1) is 8.89. The van der Waals surface area contributed by atoms with E-state index in [-0.39, 0.29) is 27.6 Å². The predicted molar refractivity (Wildman–Crippen MR) is 78.5 cm³/mol. The van der Waals surface area contributed by atoms with E-state index >= 15 is 0 Å². The molecule has 0 aliphatic heterocycles. The molecule has 20 heavy (non-hydrogen) atoms. The Morgan fingerprint density at radius 2 is 1.95 bits per heavy atom. The normalized spacial score (nSPS) is 13.5. The van der Waals surface area contributed by atoms with Crippen molar-refractivity contribution in [2.45, 2.75) is 31.6 Å². The van der Waals surface area contributed by atoms with Gasteiger partial charge in [-0.05, 0) is 25.5 Å². The molecule has 112 valence electrons. The van der Waals surface area contributed by atoms with Crippen molar-refractivity contribution in [2.24, 2.45) is 0 Å². The van der Waals surface area contributed by atoms with Crippen molar-refractivity contribution >= 4 is 28.9 Å². The van der Waals surface area contributed by atoms with Crippen LogP contribution >= 0.6 is 23.2 Å². The number of nitrogens with zero attached hydrogens (tertiary/aromatic N) is 1. The fourth-order valence-electron chi connectivity index (χ4n) is 1.81. The second kappa shape index (κ2) is 9.24. The summed E-state index contributed by atoms with van der Waals surface area (Å²) >= 11 is 12.1. The summed E-state index contributed by atoms with van der Waals surface area (Å²) in [6.45, 7) is 4.95. The van der Waals surface area contributed by atoms with E-state index in [0.717, 1.165) is 18.9 Å². The molecule has 0 aliphatic rings. The Labute approximate surface area is 144 Å². The fraction of sp³-hybridized carbons (Fsp3) is 0.571. The molecule has 6 heteroatoms. The minimum atomic E-state index is -0.643. The maximum absolute atomic E-state index is 13.8. The van der Waals surface area contributed by atoms with Gasteiger partial charge in [0.25, 0.3) is 0 Å². The fourth-order valence-corrected chi connectivity index (χ4v) is 2.04. The van der Waals surface area contributed by atoms with Gasteiger partial charge in [0.2, 0.25) is 0 Å². The van der Waals surface area contributed by atoms with Crippen LogP contribution in [0.3, 0.4) is 0 Å². The van der Waals surface area contributed by atoms with Gasteiger partial charge in [0.05, 0.1) is 10.6 Å². The number of unbranched alkanes of at least 4 members (excludes halogenated alkanes) is 1. The standard InChI is InChI=1S/C14H19Cl2F2N.Ti/c1-3-4-7-19(10-14(2,16)9-15)13-6-5-11(17)8-12(13)18;/h5-6,8H,3-4,7,9-10H2,1-2H3;. The summed E-state index contributed by atoms with van der Waals surface area (Å²) in [6.07, 6.45) is 1.89. The van der Waals surface area contributed by atoms with Gasteiger partial charge in [0.1, 0.15) is 11.6 Å². The maximum Gasteiger partial charge on any atom is 0.149 e. The zero-order chi connectivity index (χ0) is 14.5. The largest absolute Gasteiger partial charge is 0.367 e. The molecule has 1 aromatic carbocycles. The first-order valence-corrected chi connectivity index (χ1v) is 7.26. The van der Waals surface area contributed by atoms with Crippen molar-refractivity contribution in [1.29, 1.82) is 0 Å². The summed E-state index contributed by atoms with van der Waals surface area (Å²) in [5.74, 6) is -0.888. The van der Waals surface area contributed by atoms with Crippen LogP contribution in [-0.4, -0.2) is 23.8 Å². The smallest absolute Gasteiger partial charge is 0.149 e. The molecule has 0 amide bonds. The third-order valence-corrected chi connectivity index (χ3v) is 3.81. The topological polar surface area (TPSA) is 3.24 Å². The van der Waals surface area contributed by atoms with Gasteiger partial charge in [-0.1, -0.05) is 13.3 Å². The van der Waals surface area contributed by atoms with E-state index < -0.39 is 16.5 Å². The number of rotatable bonds is 7. The zero-order valence-corrected chi connectivity index (χ0v) is 14.8. The van der Waals surface area contributed by atoms with Gasteiger partial charge in [-0.15, -0.1) is 23.2 Å². The molecule has 0 saturated carbocycles. The summed E-state index contributed by atoms with van der Waals surface area (Å²) in [5, 5.41) is 0. The van der Waals surface area contributed by atoms with Crippen LogP contribution in [0.5, 0.6) is 0 Å². The Bertz CT molecular complexity index is 416. The van der Waals surface area contributed by atoms with Gasteiger partial charge in [-0.25, -0.2) is 8.78 Å². The van der Waals surface area contributed by atoms with E-state index in [1.807, 2.05) is 11.8 Å². The predicted octanol–water partition coefficient (Wildman–Crippen LogP) is 4.81. The number of hydrogen-bond acceptors (Lipinski definition) is 1. The monoisotopic (exact) mass is 357 g/mol. The SMILES string of the molecule is CCCCN(CC(C)(Cl)CCl)c1ccc(F)cc1F.[Ti]. The van der Waals surface area contributed by atoms with Crippen molar-refractivity contribution in [1.82, 2.24) is 0 Å². The Morgan fingerprint density at radius 3 is 2.45 bits per heavy atom. The Morgan fingerprint density at radius 1 is 1.30 bits per heavy atom. The van der Waals surface area contributed by atoms with Crippen molar-refractivity contribution in [3.8, 4) is 0 Å². The summed E-state index contributed by atoms with van der Waals surface area (Å²) in [5.41, 5.74) is 0.367. The molecule has 0 fully saturated rings. The summed E-state index contributed by atoms with van der Waals surface area (Å²) in [4.78, 5) is 1.18. The second-order valence-corrected chi connectivity index (χ2v) is 6.10.